The van der Waals surface area contributed by atoms with Crippen LogP contribution in [0.5, 0.6) is 0 Å². The third-order valence-corrected chi connectivity index (χ3v) is 3.19. The van der Waals surface area contributed by atoms with Crippen LogP contribution in [0.25, 0.3) is 0 Å². The van der Waals surface area contributed by atoms with Crippen molar-refractivity contribution in [1.82, 2.24) is 20.1 Å². The van der Waals surface area contributed by atoms with E-state index in [1.165, 1.54) is 0 Å². The first kappa shape index (κ1) is 13.5. The van der Waals surface area contributed by atoms with E-state index in [1.54, 1.807) is 0 Å². The summed E-state index contributed by atoms with van der Waals surface area (Å²) < 4.78 is 2.42. The summed E-state index contributed by atoms with van der Waals surface area (Å²) in [5, 5.41) is 9.66. The Balaban J connectivity index is 2.04. The van der Waals surface area contributed by atoms with E-state index >= 15 is 0 Å². The monoisotopic (exact) mass is 276 g/mol. The molecule has 0 aliphatic heterocycles. The minimum absolute atomic E-state index is 0.114. The predicted molar refractivity (Wildman–Crippen MR) is 75.4 cm³/mol. The lowest BCUT2D eigenvalue weighted by molar-refractivity contribution is 0.0949. The molecule has 0 saturated heterocycles. The Labute approximate surface area is 116 Å². The second-order valence-electron chi connectivity index (χ2n) is 4.24. The van der Waals surface area contributed by atoms with Gasteiger partial charge in [-0.1, -0.05) is 17.7 Å². The molecule has 2 rings (SSSR count). The number of nitrogens with zero attached hydrogens (tertiary/aromatic N) is 2. The van der Waals surface area contributed by atoms with Gasteiger partial charge in [-0.2, -0.15) is 5.10 Å². The van der Waals surface area contributed by atoms with Crippen LogP contribution in [0.1, 0.15) is 28.7 Å². The minimum Gasteiger partial charge on any atom is -0.345 e. The topological polar surface area (TPSA) is 62.7 Å². The first-order valence-corrected chi connectivity index (χ1v) is 6.51. The lowest BCUT2D eigenvalue weighted by Gasteiger charge is -2.06. The van der Waals surface area contributed by atoms with Crippen molar-refractivity contribution in [3.8, 4) is 0 Å². The van der Waals surface area contributed by atoms with Gasteiger partial charge in [0.2, 0.25) is 0 Å². The molecule has 0 bridgehead atoms. The molecule has 6 heteroatoms. The van der Waals surface area contributed by atoms with Gasteiger partial charge in [0.25, 0.3) is 5.91 Å². The number of benzene rings is 1. The highest BCUT2D eigenvalue weighted by Gasteiger charge is 2.08. The molecule has 0 fully saturated rings. The standard InChI is InChI=1S/C13H16N4OS/c1-3-17-11(15-16-13(17)19)8-14-12(18)10-6-4-9(2)5-7-10/h4-7H,3,8H2,1-2H3,(H,14,18)(H,16,19). The van der Waals surface area contributed by atoms with Crippen LogP contribution in [-0.2, 0) is 13.1 Å². The summed E-state index contributed by atoms with van der Waals surface area (Å²) >= 11 is 5.09. The number of carbonyl (C=O) groups excluding carboxylic acids is 1. The second kappa shape index (κ2) is 5.79. The Bertz CT molecular complexity index is 627. The maximum Gasteiger partial charge on any atom is 0.251 e. The van der Waals surface area contributed by atoms with Crippen LogP contribution < -0.4 is 5.32 Å². The van der Waals surface area contributed by atoms with E-state index in [-0.39, 0.29) is 5.91 Å². The van der Waals surface area contributed by atoms with Crippen molar-refractivity contribution in [2.75, 3.05) is 0 Å². The molecule has 0 saturated carbocycles. The SMILES string of the molecule is CCn1c(CNC(=O)c2ccc(C)cc2)n[nH]c1=S. The van der Waals surface area contributed by atoms with E-state index in [2.05, 4.69) is 15.5 Å². The number of H-pyrrole nitrogens is 1. The Morgan fingerprint density at radius 2 is 2.11 bits per heavy atom. The molecule has 0 radical (unpaired) electrons. The molecule has 2 aromatic rings. The van der Waals surface area contributed by atoms with E-state index < -0.39 is 0 Å². The zero-order valence-corrected chi connectivity index (χ0v) is 11.8. The first-order valence-electron chi connectivity index (χ1n) is 6.10. The summed E-state index contributed by atoms with van der Waals surface area (Å²) in [6.45, 7) is 5.05. The van der Waals surface area contributed by atoms with Crippen LogP contribution in [0.2, 0.25) is 0 Å². The van der Waals surface area contributed by atoms with Gasteiger partial charge < -0.3 is 9.88 Å². The lowest BCUT2D eigenvalue weighted by Crippen LogP contribution is -2.24. The number of carbonyl (C=O) groups is 1. The normalized spacial score (nSPS) is 10.4. The summed E-state index contributed by atoms with van der Waals surface area (Å²) in [6.07, 6.45) is 0. The van der Waals surface area contributed by atoms with E-state index in [0.29, 0.717) is 16.9 Å². The van der Waals surface area contributed by atoms with Gasteiger partial charge >= 0.3 is 0 Å². The summed E-state index contributed by atoms with van der Waals surface area (Å²) in [6, 6.07) is 7.44. The van der Waals surface area contributed by atoms with E-state index in [0.717, 1.165) is 17.9 Å². The number of nitrogens with one attached hydrogen (secondary N) is 2. The molecule has 1 aromatic carbocycles. The number of rotatable bonds is 4. The molecule has 19 heavy (non-hydrogen) atoms. The van der Waals surface area contributed by atoms with Crippen molar-refractivity contribution in [3.63, 3.8) is 0 Å². The molecule has 1 amide bonds. The molecule has 0 aliphatic rings. The minimum atomic E-state index is -0.114. The van der Waals surface area contributed by atoms with Gasteiger partial charge in [-0.15, -0.1) is 0 Å². The molecular formula is C13H16N4OS. The van der Waals surface area contributed by atoms with Gasteiger partial charge in [-0.25, -0.2) is 0 Å². The van der Waals surface area contributed by atoms with E-state index in [9.17, 15) is 4.79 Å². The fraction of sp³-hybridized carbons (Fsp3) is 0.308. The van der Waals surface area contributed by atoms with Gasteiger partial charge in [0.15, 0.2) is 10.6 Å². The maximum atomic E-state index is 12.0. The summed E-state index contributed by atoms with van der Waals surface area (Å²) in [7, 11) is 0. The molecule has 1 aromatic heterocycles. The van der Waals surface area contributed by atoms with E-state index in [4.69, 9.17) is 12.2 Å². The third-order valence-electron chi connectivity index (χ3n) is 2.87. The highest BCUT2D eigenvalue weighted by Crippen LogP contribution is 2.04. The lowest BCUT2D eigenvalue weighted by atomic mass is 10.1. The Morgan fingerprint density at radius 1 is 1.42 bits per heavy atom. The van der Waals surface area contributed by atoms with Crippen molar-refractivity contribution in [2.45, 2.75) is 26.9 Å². The first-order chi connectivity index (χ1) is 9.11. The van der Waals surface area contributed by atoms with Crippen molar-refractivity contribution in [2.24, 2.45) is 0 Å². The van der Waals surface area contributed by atoms with Crippen molar-refractivity contribution < 1.29 is 4.79 Å². The molecule has 0 unspecified atom stereocenters. The summed E-state index contributed by atoms with van der Waals surface area (Å²) in [5.41, 5.74) is 1.77. The van der Waals surface area contributed by atoms with Crippen molar-refractivity contribution in [3.05, 3.63) is 46.0 Å². The van der Waals surface area contributed by atoms with Crippen LogP contribution >= 0.6 is 12.2 Å². The molecule has 5 nitrogen and oxygen atoms in total. The van der Waals surface area contributed by atoms with Gasteiger partial charge in [0, 0.05) is 12.1 Å². The van der Waals surface area contributed by atoms with Crippen LogP contribution in [0.3, 0.4) is 0 Å². The smallest absolute Gasteiger partial charge is 0.251 e. The number of aromatic amines is 1. The number of aryl methyl sites for hydroxylation is 1. The molecule has 1 heterocycles. The largest absolute Gasteiger partial charge is 0.345 e. The summed E-state index contributed by atoms with van der Waals surface area (Å²) in [4.78, 5) is 12.0. The Kier molecular flexibility index (Phi) is 4.11. The fourth-order valence-corrected chi connectivity index (χ4v) is 2.06. The van der Waals surface area contributed by atoms with Crippen LogP contribution in [0, 0.1) is 11.7 Å². The Morgan fingerprint density at radius 3 is 2.74 bits per heavy atom. The maximum absolute atomic E-state index is 12.0. The highest BCUT2D eigenvalue weighted by molar-refractivity contribution is 7.71. The van der Waals surface area contributed by atoms with Crippen molar-refractivity contribution >= 4 is 18.1 Å². The summed E-state index contributed by atoms with van der Waals surface area (Å²) in [5.74, 6) is 0.615. The molecular weight excluding hydrogens is 260 g/mol. The predicted octanol–water partition coefficient (Wildman–Crippen LogP) is 2.20. The van der Waals surface area contributed by atoms with Crippen molar-refractivity contribution in [1.29, 1.82) is 0 Å². The molecule has 0 atom stereocenters. The van der Waals surface area contributed by atoms with Gasteiger partial charge in [-0.3, -0.25) is 9.89 Å². The molecule has 100 valence electrons. The highest BCUT2D eigenvalue weighted by atomic mass is 32.1. The van der Waals surface area contributed by atoms with Gasteiger partial charge in [0.05, 0.1) is 6.54 Å². The molecule has 2 N–H and O–H groups in total. The average molecular weight is 276 g/mol. The molecule has 0 spiro atoms. The van der Waals surface area contributed by atoms with Gasteiger partial charge in [0.1, 0.15) is 0 Å². The zero-order chi connectivity index (χ0) is 13.8. The van der Waals surface area contributed by atoms with Crippen LogP contribution in [0.15, 0.2) is 24.3 Å². The van der Waals surface area contributed by atoms with Crippen LogP contribution in [0.4, 0.5) is 0 Å². The number of hydrogen-bond acceptors (Lipinski definition) is 3. The second-order valence-corrected chi connectivity index (χ2v) is 4.62. The number of aromatic nitrogens is 3. The molecule has 0 aliphatic carbocycles. The van der Waals surface area contributed by atoms with Crippen LogP contribution in [-0.4, -0.2) is 20.7 Å². The van der Waals surface area contributed by atoms with Gasteiger partial charge in [-0.05, 0) is 38.2 Å². The quantitative estimate of drug-likeness (QED) is 0.842. The van der Waals surface area contributed by atoms with E-state index in [1.807, 2.05) is 42.7 Å². The Hall–Kier alpha value is -1.95. The zero-order valence-electron chi connectivity index (χ0n) is 10.9. The fourth-order valence-electron chi connectivity index (χ4n) is 1.78. The number of amides is 1. The third kappa shape index (κ3) is 3.08. The number of hydrogen-bond donors (Lipinski definition) is 2. The average Bonchev–Trinajstić information content (AvgIpc) is 2.77.